The first-order chi connectivity index (χ1) is 9.99. The van der Waals surface area contributed by atoms with Gasteiger partial charge >= 0.3 is 5.97 Å². The van der Waals surface area contributed by atoms with Gasteiger partial charge in [0.2, 0.25) is 0 Å². The summed E-state index contributed by atoms with van der Waals surface area (Å²) in [5, 5.41) is 12.2. The molecule has 0 radical (unpaired) electrons. The number of anilines is 1. The Balaban J connectivity index is 2.36. The predicted octanol–water partition coefficient (Wildman–Crippen LogP) is 3.00. The molecule has 6 heteroatoms. The highest BCUT2D eigenvalue weighted by Gasteiger charge is 2.22. The monoisotopic (exact) mass is 293 g/mol. The second-order valence-corrected chi connectivity index (χ2v) is 4.35. The summed E-state index contributed by atoms with van der Waals surface area (Å²) in [7, 11) is 1.18. The van der Waals surface area contributed by atoms with Crippen LogP contribution in [0.4, 0.5) is 14.5 Å². The summed E-state index contributed by atoms with van der Waals surface area (Å²) in [6, 6.07) is 7.64. The van der Waals surface area contributed by atoms with Gasteiger partial charge in [-0.05, 0) is 35.9 Å². The van der Waals surface area contributed by atoms with E-state index in [-0.39, 0.29) is 11.3 Å². The van der Waals surface area contributed by atoms with Crippen LogP contribution in [-0.2, 0) is 9.53 Å². The Hall–Kier alpha value is -2.63. The number of benzene rings is 2. The van der Waals surface area contributed by atoms with Gasteiger partial charge in [-0.15, -0.1) is 0 Å². The molecule has 0 fully saturated rings. The zero-order chi connectivity index (χ0) is 15.4. The van der Waals surface area contributed by atoms with Crippen molar-refractivity contribution in [2.45, 2.75) is 6.04 Å². The molecule has 0 spiro atoms. The van der Waals surface area contributed by atoms with Crippen LogP contribution in [0.2, 0.25) is 0 Å². The molecule has 2 aromatic carbocycles. The Morgan fingerprint density at radius 2 is 1.95 bits per heavy atom. The third kappa shape index (κ3) is 3.68. The van der Waals surface area contributed by atoms with Crippen LogP contribution in [0.1, 0.15) is 11.6 Å². The van der Waals surface area contributed by atoms with Crippen LogP contribution in [0, 0.1) is 11.6 Å². The molecule has 0 amide bonds. The Morgan fingerprint density at radius 3 is 2.57 bits per heavy atom. The Morgan fingerprint density at radius 1 is 1.19 bits per heavy atom. The first-order valence-corrected chi connectivity index (χ1v) is 6.09. The molecule has 0 aliphatic rings. The second kappa shape index (κ2) is 6.21. The van der Waals surface area contributed by atoms with Gasteiger partial charge in [0.15, 0.2) is 6.04 Å². The maximum Gasteiger partial charge on any atom is 0.332 e. The third-order valence-corrected chi connectivity index (χ3v) is 2.81. The highest BCUT2D eigenvalue weighted by Crippen LogP contribution is 2.25. The predicted molar refractivity (Wildman–Crippen MR) is 72.8 cm³/mol. The lowest BCUT2D eigenvalue weighted by Gasteiger charge is -2.18. The van der Waals surface area contributed by atoms with Crippen LogP contribution in [-0.4, -0.2) is 18.2 Å². The fourth-order valence-electron chi connectivity index (χ4n) is 1.90. The number of halogens is 2. The molecule has 1 atom stereocenters. The largest absolute Gasteiger partial charge is 0.508 e. The molecular weight excluding hydrogens is 280 g/mol. The first kappa shape index (κ1) is 14.8. The molecule has 0 saturated carbocycles. The molecule has 2 N–H and O–H groups in total. The lowest BCUT2D eigenvalue weighted by Crippen LogP contribution is -2.22. The van der Waals surface area contributed by atoms with Crippen LogP contribution in [0.5, 0.6) is 5.75 Å². The van der Waals surface area contributed by atoms with Crippen LogP contribution < -0.4 is 5.32 Å². The zero-order valence-corrected chi connectivity index (χ0v) is 11.1. The lowest BCUT2D eigenvalue weighted by atomic mass is 10.1. The van der Waals surface area contributed by atoms with Crippen molar-refractivity contribution in [1.29, 1.82) is 0 Å². The molecule has 4 nitrogen and oxygen atoms in total. The molecule has 0 bridgehead atoms. The Kier molecular flexibility index (Phi) is 4.37. The number of carbonyl (C=O) groups excluding carboxylic acids is 1. The van der Waals surface area contributed by atoms with E-state index >= 15 is 0 Å². The van der Waals surface area contributed by atoms with Gasteiger partial charge in [0, 0.05) is 11.8 Å². The van der Waals surface area contributed by atoms with Gasteiger partial charge < -0.3 is 15.2 Å². The molecule has 21 heavy (non-hydrogen) atoms. The number of rotatable bonds is 4. The van der Waals surface area contributed by atoms with Crippen molar-refractivity contribution in [2.24, 2.45) is 0 Å². The van der Waals surface area contributed by atoms with Gasteiger partial charge in [0.05, 0.1) is 7.11 Å². The quantitative estimate of drug-likeness (QED) is 0.851. The van der Waals surface area contributed by atoms with E-state index in [0.29, 0.717) is 5.69 Å². The number of aromatic hydroxyl groups is 1. The summed E-state index contributed by atoms with van der Waals surface area (Å²) >= 11 is 0. The average molecular weight is 293 g/mol. The fourth-order valence-corrected chi connectivity index (χ4v) is 1.90. The van der Waals surface area contributed by atoms with E-state index in [0.717, 1.165) is 12.1 Å². The summed E-state index contributed by atoms with van der Waals surface area (Å²) in [6.07, 6.45) is 0. The van der Waals surface area contributed by atoms with Gasteiger partial charge in [0.1, 0.15) is 17.4 Å². The molecular formula is C15H13F2NO3. The number of hydrogen-bond acceptors (Lipinski definition) is 4. The summed E-state index contributed by atoms with van der Waals surface area (Å²) in [5.74, 6) is -2.19. The second-order valence-electron chi connectivity index (χ2n) is 4.35. The third-order valence-electron chi connectivity index (χ3n) is 2.81. The van der Waals surface area contributed by atoms with Crippen molar-refractivity contribution in [3.8, 4) is 5.75 Å². The molecule has 2 rings (SSSR count). The first-order valence-electron chi connectivity index (χ1n) is 6.09. The van der Waals surface area contributed by atoms with E-state index in [1.165, 1.54) is 31.4 Å². The smallest absolute Gasteiger partial charge is 0.332 e. The molecule has 0 heterocycles. The number of ether oxygens (including phenoxy) is 1. The molecule has 0 aliphatic carbocycles. The lowest BCUT2D eigenvalue weighted by molar-refractivity contribution is -0.141. The molecule has 1 unspecified atom stereocenters. The molecule has 0 aliphatic heterocycles. The molecule has 0 aromatic heterocycles. The number of phenolic OH excluding ortho intramolecular Hbond substituents is 1. The number of phenols is 1. The SMILES string of the molecule is COC(=O)C(Nc1cccc(F)c1)c1cc(O)cc(F)c1. The summed E-state index contributed by atoms with van der Waals surface area (Å²) in [6.45, 7) is 0. The van der Waals surface area contributed by atoms with Crippen molar-refractivity contribution in [3.63, 3.8) is 0 Å². The van der Waals surface area contributed by atoms with E-state index < -0.39 is 23.6 Å². The minimum absolute atomic E-state index is 0.170. The average Bonchev–Trinajstić information content (AvgIpc) is 2.43. The van der Waals surface area contributed by atoms with Crippen molar-refractivity contribution in [2.75, 3.05) is 12.4 Å². The number of hydrogen-bond donors (Lipinski definition) is 2. The number of esters is 1. The maximum atomic E-state index is 13.4. The van der Waals surface area contributed by atoms with Crippen LogP contribution in [0.3, 0.4) is 0 Å². The van der Waals surface area contributed by atoms with Crippen molar-refractivity contribution >= 4 is 11.7 Å². The highest BCUT2D eigenvalue weighted by atomic mass is 19.1. The van der Waals surface area contributed by atoms with Gasteiger partial charge in [0.25, 0.3) is 0 Å². The van der Waals surface area contributed by atoms with Gasteiger partial charge in [-0.25, -0.2) is 13.6 Å². The van der Waals surface area contributed by atoms with E-state index in [1.54, 1.807) is 6.07 Å². The van der Waals surface area contributed by atoms with Crippen LogP contribution >= 0.6 is 0 Å². The number of nitrogens with one attached hydrogen (secondary N) is 1. The fraction of sp³-hybridized carbons (Fsp3) is 0.133. The molecule has 0 saturated heterocycles. The van der Waals surface area contributed by atoms with Crippen LogP contribution in [0.25, 0.3) is 0 Å². The van der Waals surface area contributed by atoms with Crippen LogP contribution in [0.15, 0.2) is 42.5 Å². The summed E-state index contributed by atoms with van der Waals surface area (Å²) < 4.78 is 31.2. The summed E-state index contributed by atoms with van der Waals surface area (Å²) in [5.41, 5.74) is 0.498. The van der Waals surface area contributed by atoms with E-state index in [4.69, 9.17) is 0 Å². The minimum atomic E-state index is -1.07. The van der Waals surface area contributed by atoms with E-state index in [9.17, 15) is 18.7 Å². The van der Waals surface area contributed by atoms with Crippen molar-refractivity contribution in [3.05, 3.63) is 59.7 Å². The number of carbonyl (C=O) groups is 1. The standard InChI is InChI=1S/C15H13F2NO3/c1-21-15(20)14(9-5-11(17)8-13(19)6-9)18-12-4-2-3-10(16)7-12/h2-8,14,18-19H,1H3. The van der Waals surface area contributed by atoms with Gasteiger partial charge in [-0.2, -0.15) is 0 Å². The van der Waals surface area contributed by atoms with Crippen molar-refractivity contribution < 1.29 is 23.4 Å². The normalized spacial score (nSPS) is 11.8. The summed E-state index contributed by atoms with van der Waals surface area (Å²) in [4.78, 5) is 11.8. The van der Waals surface area contributed by atoms with E-state index in [1.807, 2.05) is 0 Å². The molecule has 2 aromatic rings. The Bertz CT molecular complexity index is 641. The maximum absolute atomic E-state index is 13.4. The molecule has 110 valence electrons. The topological polar surface area (TPSA) is 58.6 Å². The van der Waals surface area contributed by atoms with E-state index in [2.05, 4.69) is 10.1 Å². The number of methoxy groups -OCH3 is 1. The van der Waals surface area contributed by atoms with Gasteiger partial charge in [-0.1, -0.05) is 6.07 Å². The van der Waals surface area contributed by atoms with Crippen molar-refractivity contribution in [1.82, 2.24) is 0 Å². The zero-order valence-electron chi connectivity index (χ0n) is 11.1. The minimum Gasteiger partial charge on any atom is -0.508 e. The van der Waals surface area contributed by atoms with Gasteiger partial charge in [-0.3, -0.25) is 0 Å². The highest BCUT2D eigenvalue weighted by molar-refractivity contribution is 5.81. The Labute approximate surface area is 120 Å².